The van der Waals surface area contributed by atoms with Crippen LogP contribution in [0, 0.1) is 0 Å². The third-order valence-electron chi connectivity index (χ3n) is 3.09. The van der Waals surface area contributed by atoms with Crippen LogP contribution in [0.4, 0.5) is 5.69 Å². The maximum absolute atomic E-state index is 12.0. The number of hydrogen-bond donors (Lipinski definition) is 1. The van der Waals surface area contributed by atoms with E-state index in [2.05, 4.69) is 5.10 Å². The molecule has 6 nitrogen and oxygen atoms in total. The summed E-state index contributed by atoms with van der Waals surface area (Å²) in [7, 11) is 0. The number of anilines is 1. The number of ether oxygens (including phenoxy) is 1. The van der Waals surface area contributed by atoms with Crippen LogP contribution < -0.4 is 9.75 Å². The molecule has 2 aromatic carbocycles. The smallest absolute Gasteiger partial charge is 0.352 e. The minimum absolute atomic E-state index is 0.181. The Morgan fingerprint density at radius 2 is 1.77 bits per heavy atom. The third-order valence-corrected chi connectivity index (χ3v) is 3.09. The summed E-state index contributed by atoms with van der Waals surface area (Å²) in [5.41, 5.74) is 0.229. The second-order valence-electron chi connectivity index (χ2n) is 4.62. The maximum Gasteiger partial charge on any atom is 0.352 e. The Morgan fingerprint density at radius 3 is 2.45 bits per heavy atom. The van der Waals surface area contributed by atoms with Crippen LogP contribution in [-0.2, 0) is 9.59 Å². The molecule has 0 bridgehead atoms. The van der Waals surface area contributed by atoms with Crippen LogP contribution in [0.1, 0.15) is 6.42 Å². The van der Waals surface area contributed by atoms with Gasteiger partial charge in [0.25, 0.3) is 5.91 Å². The third kappa shape index (κ3) is 2.67. The van der Waals surface area contributed by atoms with Crippen LogP contribution in [0.2, 0.25) is 0 Å². The average molecular weight is 296 g/mol. The molecule has 110 valence electrons. The minimum atomic E-state index is -1.20. The number of para-hydroxylation sites is 3. The zero-order chi connectivity index (χ0) is 15.5. The van der Waals surface area contributed by atoms with E-state index >= 15 is 0 Å². The molecule has 0 saturated heterocycles. The van der Waals surface area contributed by atoms with Crippen molar-refractivity contribution >= 4 is 23.3 Å². The molecule has 1 N–H and O–H groups in total. The van der Waals surface area contributed by atoms with Crippen molar-refractivity contribution in [2.24, 2.45) is 5.10 Å². The Morgan fingerprint density at radius 1 is 1.09 bits per heavy atom. The Labute approximate surface area is 126 Å². The molecular formula is C16H12N2O4. The monoisotopic (exact) mass is 296 g/mol. The predicted molar refractivity (Wildman–Crippen MR) is 80.1 cm³/mol. The molecule has 0 unspecified atom stereocenters. The Bertz CT molecular complexity index is 756. The molecule has 0 spiro atoms. The number of aliphatic carboxylic acids is 1. The average Bonchev–Trinajstić information content (AvgIpc) is 2.91. The van der Waals surface area contributed by atoms with Crippen molar-refractivity contribution < 1.29 is 19.4 Å². The highest BCUT2D eigenvalue weighted by Crippen LogP contribution is 2.34. The quantitative estimate of drug-likeness (QED) is 0.940. The van der Waals surface area contributed by atoms with Gasteiger partial charge in [-0.3, -0.25) is 4.79 Å². The molecular weight excluding hydrogens is 284 g/mol. The van der Waals surface area contributed by atoms with Crippen LogP contribution in [0.25, 0.3) is 0 Å². The number of hydrazone groups is 1. The number of carboxylic acid groups (broad SMARTS) is 1. The summed E-state index contributed by atoms with van der Waals surface area (Å²) < 4.78 is 5.76. The lowest BCUT2D eigenvalue weighted by molar-refractivity contribution is -0.129. The Hall–Kier alpha value is -3.15. The van der Waals surface area contributed by atoms with Crippen LogP contribution >= 0.6 is 0 Å². The summed E-state index contributed by atoms with van der Waals surface area (Å²) in [6.45, 7) is 0. The van der Waals surface area contributed by atoms with E-state index in [9.17, 15) is 9.59 Å². The molecule has 1 heterocycles. The molecule has 2 aromatic rings. The number of carbonyl (C=O) groups excluding carboxylic acids is 1. The first-order chi connectivity index (χ1) is 10.6. The van der Waals surface area contributed by atoms with E-state index in [0.29, 0.717) is 17.2 Å². The molecule has 0 saturated carbocycles. The molecule has 0 aliphatic carbocycles. The summed E-state index contributed by atoms with van der Waals surface area (Å²) in [5.74, 6) is -0.555. The van der Waals surface area contributed by atoms with Gasteiger partial charge in [0.1, 0.15) is 11.4 Å². The number of carboxylic acids is 1. The zero-order valence-electron chi connectivity index (χ0n) is 11.5. The fourth-order valence-corrected chi connectivity index (χ4v) is 2.07. The lowest BCUT2D eigenvalue weighted by atomic mass is 10.2. The van der Waals surface area contributed by atoms with Crippen molar-refractivity contribution in [3.05, 3.63) is 54.6 Å². The van der Waals surface area contributed by atoms with E-state index in [0.717, 1.165) is 5.01 Å². The zero-order valence-corrected chi connectivity index (χ0v) is 11.5. The fraction of sp³-hybridized carbons (Fsp3) is 0.0625. The maximum atomic E-state index is 12.0. The van der Waals surface area contributed by atoms with Gasteiger partial charge in [-0.25, -0.2) is 4.79 Å². The van der Waals surface area contributed by atoms with Crippen molar-refractivity contribution in [3.63, 3.8) is 0 Å². The Kier molecular flexibility index (Phi) is 3.57. The van der Waals surface area contributed by atoms with E-state index in [-0.39, 0.29) is 12.1 Å². The van der Waals surface area contributed by atoms with E-state index in [4.69, 9.17) is 9.84 Å². The van der Waals surface area contributed by atoms with Crippen LogP contribution in [-0.4, -0.2) is 22.7 Å². The van der Waals surface area contributed by atoms with Crippen LogP contribution in [0.3, 0.4) is 0 Å². The van der Waals surface area contributed by atoms with E-state index in [1.54, 1.807) is 36.4 Å². The first-order valence-electron chi connectivity index (χ1n) is 6.61. The van der Waals surface area contributed by atoms with Crippen molar-refractivity contribution in [1.29, 1.82) is 0 Å². The van der Waals surface area contributed by atoms with Gasteiger partial charge in [0.2, 0.25) is 0 Å². The number of nitrogens with zero attached hydrogens (tertiary/aromatic N) is 2. The molecule has 0 aromatic heterocycles. The highest BCUT2D eigenvalue weighted by Gasteiger charge is 2.30. The molecule has 1 aliphatic rings. The molecule has 0 fully saturated rings. The molecule has 0 radical (unpaired) electrons. The molecule has 0 atom stereocenters. The number of amides is 1. The van der Waals surface area contributed by atoms with Crippen LogP contribution in [0.15, 0.2) is 59.7 Å². The van der Waals surface area contributed by atoms with Gasteiger partial charge in [-0.1, -0.05) is 30.3 Å². The van der Waals surface area contributed by atoms with Gasteiger partial charge in [-0.2, -0.15) is 10.1 Å². The highest BCUT2D eigenvalue weighted by atomic mass is 16.5. The van der Waals surface area contributed by atoms with Gasteiger partial charge in [0, 0.05) is 0 Å². The van der Waals surface area contributed by atoms with E-state index < -0.39 is 11.9 Å². The SMILES string of the molecule is O=C(O)C1=NN(c2ccccc2Oc2ccccc2)C(=O)C1. The summed E-state index contributed by atoms with van der Waals surface area (Å²) >= 11 is 0. The normalized spacial score (nSPS) is 13.9. The number of benzene rings is 2. The summed E-state index contributed by atoms with van der Waals surface area (Å²) in [4.78, 5) is 22.9. The molecule has 3 rings (SSSR count). The standard InChI is InChI=1S/C16H12N2O4/c19-15-10-12(16(20)21)17-18(15)13-8-4-5-9-14(13)22-11-6-2-1-3-7-11/h1-9H,10H2,(H,20,21). The molecule has 1 amide bonds. The fourth-order valence-electron chi connectivity index (χ4n) is 2.07. The predicted octanol–water partition coefficient (Wildman–Crippen LogP) is 2.66. The number of carbonyl (C=O) groups is 2. The first kappa shape index (κ1) is 13.8. The van der Waals surface area contributed by atoms with Gasteiger partial charge in [0.05, 0.1) is 6.42 Å². The van der Waals surface area contributed by atoms with Crippen LogP contribution in [0.5, 0.6) is 11.5 Å². The molecule has 22 heavy (non-hydrogen) atoms. The number of hydrogen-bond acceptors (Lipinski definition) is 4. The summed E-state index contributed by atoms with van der Waals surface area (Å²) in [6.07, 6.45) is -0.227. The van der Waals surface area contributed by atoms with E-state index in [1.807, 2.05) is 18.2 Å². The van der Waals surface area contributed by atoms with E-state index in [1.165, 1.54) is 0 Å². The van der Waals surface area contributed by atoms with Gasteiger partial charge in [-0.15, -0.1) is 0 Å². The van der Waals surface area contributed by atoms with Gasteiger partial charge < -0.3 is 9.84 Å². The van der Waals surface area contributed by atoms with Gasteiger partial charge >= 0.3 is 5.97 Å². The van der Waals surface area contributed by atoms with Crippen molar-refractivity contribution in [3.8, 4) is 11.5 Å². The van der Waals surface area contributed by atoms with Crippen molar-refractivity contribution in [2.75, 3.05) is 5.01 Å². The lowest BCUT2D eigenvalue weighted by Gasteiger charge is -2.16. The van der Waals surface area contributed by atoms with Gasteiger partial charge in [0.15, 0.2) is 11.5 Å². The minimum Gasteiger partial charge on any atom is -0.477 e. The number of rotatable bonds is 4. The second-order valence-corrected chi connectivity index (χ2v) is 4.62. The molecule has 6 heteroatoms. The largest absolute Gasteiger partial charge is 0.477 e. The van der Waals surface area contributed by atoms with Crippen molar-refractivity contribution in [1.82, 2.24) is 0 Å². The Balaban J connectivity index is 1.95. The molecule has 1 aliphatic heterocycles. The van der Waals surface area contributed by atoms with Crippen molar-refractivity contribution in [2.45, 2.75) is 6.42 Å². The summed E-state index contributed by atoms with van der Waals surface area (Å²) in [6, 6.07) is 16.0. The van der Waals surface area contributed by atoms with Gasteiger partial charge in [-0.05, 0) is 24.3 Å². The highest BCUT2D eigenvalue weighted by molar-refractivity contribution is 6.42. The summed E-state index contributed by atoms with van der Waals surface area (Å²) in [5, 5.41) is 13.9. The lowest BCUT2D eigenvalue weighted by Crippen LogP contribution is -2.20. The second kappa shape index (κ2) is 5.69. The topological polar surface area (TPSA) is 79.2 Å². The first-order valence-corrected chi connectivity index (χ1v) is 6.61.